The zero-order chi connectivity index (χ0) is 13.9. The smallest absolute Gasteiger partial charge is 0.257 e. The van der Waals surface area contributed by atoms with E-state index in [4.69, 9.17) is 0 Å². The molecule has 2 N–H and O–H groups in total. The highest BCUT2D eigenvalue weighted by Gasteiger charge is 2.30. The van der Waals surface area contributed by atoms with Gasteiger partial charge in [0.2, 0.25) is 0 Å². The number of halogens is 2. The second-order valence-corrected chi connectivity index (χ2v) is 5.06. The first-order chi connectivity index (χ1) is 9.02. The summed E-state index contributed by atoms with van der Waals surface area (Å²) in [7, 11) is 0. The quantitative estimate of drug-likeness (QED) is 0.885. The SMILES string of the molecule is O=C(NCC1(O)CCCCC1)c1c(F)cccc1F. The molecule has 1 aliphatic rings. The molecule has 0 saturated heterocycles. The van der Waals surface area contributed by atoms with Gasteiger partial charge >= 0.3 is 0 Å². The minimum Gasteiger partial charge on any atom is -0.388 e. The van der Waals surface area contributed by atoms with Gasteiger partial charge in [0.25, 0.3) is 5.91 Å². The summed E-state index contributed by atoms with van der Waals surface area (Å²) in [6.07, 6.45) is 4.08. The van der Waals surface area contributed by atoms with Crippen molar-refractivity contribution >= 4 is 5.91 Å². The van der Waals surface area contributed by atoms with Gasteiger partial charge in [-0.1, -0.05) is 25.3 Å². The lowest BCUT2D eigenvalue weighted by molar-refractivity contribution is 0.00517. The summed E-state index contributed by atoms with van der Waals surface area (Å²) in [5.74, 6) is -2.61. The van der Waals surface area contributed by atoms with E-state index in [1.807, 2.05) is 0 Å². The zero-order valence-electron chi connectivity index (χ0n) is 10.6. The Morgan fingerprint density at radius 2 is 1.79 bits per heavy atom. The van der Waals surface area contributed by atoms with Crippen LogP contribution in [0.2, 0.25) is 0 Å². The number of benzene rings is 1. The Morgan fingerprint density at radius 1 is 1.21 bits per heavy atom. The maximum atomic E-state index is 13.4. The van der Waals surface area contributed by atoms with Crippen LogP contribution in [-0.2, 0) is 0 Å². The van der Waals surface area contributed by atoms with Crippen LogP contribution in [0.25, 0.3) is 0 Å². The van der Waals surface area contributed by atoms with Crippen LogP contribution in [0.3, 0.4) is 0 Å². The Morgan fingerprint density at radius 3 is 2.37 bits per heavy atom. The fourth-order valence-electron chi connectivity index (χ4n) is 2.43. The summed E-state index contributed by atoms with van der Waals surface area (Å²) in [4.78, 5) is 11.8. The average molecular weight is 269 g/mol. The molecule has 0 aromatic heterocycles. The number of carbonyl (C=O) groups is 1. The van der Waals surface area contributed by atoms with Crippen molar-refractivity contribution in [1.82, 2.24) is 5.32 Å². The first-order valence-electron chi connectivity index (χ1n) is 6.46. The maximum absolute atomic E-state index is 13.4. The topological polar surface area (TPSA) is 49.3 Å². The summed E-state index contributed by atoms with van der Waals surface area (Å²) in [5, 5.41) is 12.6. The van der Waals surface area contributed by atoms with Crippen molar-refractivity contribution < 1.29 is 18.7 Å². The van der Waals surface area contributed by atoms with Gasteiger partial charge in [-0.05, 0) is 25.0 Å². The van der Waals surface area contributed by atoms with Gasteiger partial charge in [-0.25, -0.2) is 8.78 Å². The summed E-state index contributed by atoms with van der Waals surface area (Å²) in [6.45, 7) is 0.0274. The van der Waals surface area contributed by atoms with Crippen LogP contribution in [-0.4, -0.2) is 23.2 Å². The van der Waals surface area contributed by atoms with Crippen LogP contribution in [0.4, 0.5) is 8.78 Å². The van der Waals surface area contributed by atoms with Gasteiger partial charge in [-0.15, -0.1) is 0 Å². The lowest BCUT2D eigenvalue weighted by atomic mass is 9.85. The minimum absolute atomic E-state index is 0.0274. The summed E-state index contributed by atoms with van der Waals surface area (Å²) in [5.41, 5.74) is -1.54. The second kappa shape index (κ2) is 5.65. The fourth-order valence-corrected chi connectivity index (χ4v) is 2.43. The molecule has 0 heterocycles. The molecule has 0 radical (unpaired) electrons. The van der Waals surface area contributed by atoms with E-state index in [2.05, 4.69) is 5.32 Å². The molecule has 0 unspecified atom stereocenters. The third-order valence-corrected chi connectivity index (χ3v) is 3.55. The van der Waals surface area contributed by atoms with Crippen molar-refractivity contribution in [1.29, 1.82) is 0 Å². The van der Waals surface area contributed by atoms with Gasteiger partial charge in [-0.3, -0.25) is 4.79 Å². The van der Waals surface area contributed by atoms with E-state index >= 15 is 0 Å². The monoisotopic (exact) mass is 269 g/mol. The normalized spacial score (nSPS) is 18.1. The molecule has 1 fully saturated rings. The van der Waals surface area contributed by atoms with Crippen LogP contribution in [0.1, 0.15) is 42.5 Å². The predicted octanol–water partition coefficient (Wildman–Crippen LogP) is 2.39. The molecule has 1 aliphatic carbocycles. The molecule has 1 aromatic carbocycles. The molecule has 3 nitrogen and oxygen atoms in total. The van der Waals surface area contributed by atoms with Gasteiger partial charge < -0.3 is 10.4 Å². The molecule has 0 atom stereocenters. The number of nitrogens with one attached hydrogen (secondary N) is 1. The highest BCUT2D eigenvalue weighted by atomic mass is 19.1. The van der Waals surface area contributed by atoms with Crippen LogP contribution in [0, 0.1) is 11.6 Å². The molecule has 2 rings (SSSR count). The van der Waals surface area contributed by atoms with E-state index in [-0.39, 0.29) is 6.54 Å². The lowest BCUT2D eigenvalue weighted by Gasteiger charge is -2.32. The van der Waals surface area contributed by atoms with E-state index < -0.39 is 28.7 Å². The molecule has 1 amide bonds. The number of rotatable bonds is 3. The highest BCUT2D eigenvalue weighted by molar-refractivity contribution is 5.94. The summed E-state index contributed by atoms with van der Waals surface area (Å²) < 4.78 is 26.8. The largest absolute Gasteiger partial charge is 0.388 e. The fraction of sp³-hybridized carbons (Fsp3) is 0.500. The first-order valence-corrected chi connectivity index (χ1v) is 6.46. The van der Waals surface area contributed by atoms with Gasteiger partial charge in [0.15, 0.2) is 0 Å². The molecule has 1 saturated carbocycles. The third kappa shape index (κ3) is 3.29. The van der Waals surface area contributed by atoms with Crippen LogP contribution >= 0.6 is 0 Å². The number of hydrogen-bond donors (Lipinski definition) is 2. The third-order valence-electron chi connectivity index (χ3n) is 3.55. The van der Waals surface area contributed by atoms with E-state index in [1.54, 1.807) is 0 Å². The molecule has 0 aliphatic heterocycles. The van der Waals surface area contributed by atoms with Crippen LogP contribution in [0.15, 0.2) is 18.2 Å². The second-order valence-electron chi connectivity index (χ2n) is 5.06. The Hall–Kier alpha value is -1.49. The number of hydrogen-bond acceptors (Lipinski definition) is 2. The summed E-state index contributed by atoms with van der Waals surface area (Å²) >= 11 is 0. The van der Waals surface area contributed by atoms with Gasteiger partial charge in [-0.2, -0.15) is 0 Å². The lowest BCUT2D eigenvalue weighted by Crippen LogP contribution is -2.44. The molecule has 104 valence electrons. The van der Waals surface area contributed by atoms with Gasteiger partial charge in [0.1, 0.15) is 17.2 Å². The highest BCUT2D eigenvalue weighted by Crippen LogP contribution is 2.27. The first kappa shape index (κ1) is 13.9. The Balaban J connectivity index is 2.01. The van der Waals surface area contributed by atoms with Gasteiger partial charge in [0.05, 0.1) is 5.60 Å². The van der Waals surface area contributed by atoms with Crippen molar-refractivity contribution in [2.45, 2.75) is 37.7 Å². The predicted molar refractivity (Wildman–Crippen MR) is 66.7 cm³/mol. The maximum Gasteiger partial charge on any atom is 0.257 e. The number of carbonyl (C=O) groups excluding carboxylic acids is 1. The molecule has 19 heavy (non-hydrogen) atoms. The Kier molecular flexibility index (Phi) is 4.14. The summed E-state index contributed by atoms with van der Waals surface area (Å²) in [6, 6.07) is 3.27. The van der Waals surface area contributed by atoms with E-state index in [0.29, 0.717) is 12.8 Å². The zero-order valence-corrected chi connectivity index (χ0v) is 10.6. The van der Waals surface area contributed by atoms with E-state index in [9.17, 15) is 18.7 Å². The Bertz CT molecular complexity index is 450. The van der Waals surface area contributed by atoms with Crippen LogP contribution < -0.4 is 5.32 Å². The molecule has 0 bridgehead atoms. The molecular weight excluding hydrogens is 252 g/mol. The number of amides is 1. The van der Waals surface area contributed by atoms with Crippen molar-refractivity contribution in [2.24, 2.45) is 0 Å². The number of aliphatic hydroxyl groups is 1. The average Bonchev–Trinajstić information content (AvgIpc) is 2.37. The standard InChI is InChI=1S/C14H17F2NO2/c15-10-5-4-6-11(16)12(10)13(18)17-9-14(19)7-2-1-3-8-14/h4-6,19H,1-3,7-9H2,(H,17,18). The minimum atomic E-state index is -0.949. The van der Waals surface area contributed by atoms with Crippen molar-refractivity contribution in [3.8, 4) is 0 Å². The Labute approximate surface area is 110 Å². The van der Waals surface area contributed by atoms with Crippen molar-refractivity contribution in [3.05, 3.63) is 35.4 Å². The van der Waals surface area contributed by atoms with E-state index in [1.165, 1.54) is 6.07 Å². The van der Waals surface area contributed by atoms with Crippen molar-refractivity contribution in [2.75, 3.05) is 6.54 Å². The van der Waals surface area contributed by atoms with Crippen LogP contribution in [0.5, 0.6) is 0 Å². The molecule has 5 heteroatoms. The molecule has 0 spiro atoms. The van der Waals surface area contributed by atoms with Crippen molar-refractivity contribution in [3.63, 3.8) is 0 Å². The molecular formula is C14H17F2NO2. The van der Waals surface area contributed by atoms with E-state index in [0.717, 1.165) is 31.4 Å². The van der Waals surface area contributed by atoms with Gasteiger partial charge in [0, 0.05) is 6.54 Å². The molecule has 1 aromatic rings.